The number of hydrogen-bond acceptors (Lipinski definition) is 1. The fraction of sp³-hybridized carbons (Fsp3) is 0. The first kappa shape index (κ1) is 27.7. The number of anilines is 3. The van der Waals surface area contributed by atoms with Crippen LogP contribution in [0.25, 0.3) is 76.8 Å². The molecule has 228 valence electrons. The number of benzene rings is 9. The van der Waals surface area contributed by atoms with E-state index in [9.17, 15) is 0 Å². The van der Waals surface area contributed by atoms with Gasteiger partial charge in [-0.3, -0.25) is 0 Å². The zero-order valence-electron chi connectivity index (χ0n) is 26.8. The molecule has 0 aliphatic heterocycles. The van der Waals surface area contributed by atoms with Crippen LogP contribution in [0.15, 0.2) is 188 Å². The second-order valence-electron chi connectivity index (χ2n) is 12.8. The van der Waals surface area contributed by atoms with Gasteiger partial charge >= 0.3 is 0 Å². The van der Waals surface area contributed by atoms with Gasteiger partial charge in [0.05, 0.1) is 5.69 Å². The molecule has 0 amide bonds. The van der Waals surface area contributed by atoms with E-state index in [1.165, 1.54) is 82.5 Å². The molecule has 0 radical (unpaired) electrons. The minimum absolute atomic E-state index is 1.14. The highest BCUT2D eigenvalue weighted by atomic mass is 15.1. The molecule has 0 spiro atoms. The standard InChI is InChI=1S/C48H31N/c1-5-16-32(17-6-1)46-36-24-13-14-25-37(36)47(33-18-7-2-8-19-33)44-31-42-39-28-29-45(40-27-15-26-38(48(39)40)41(42)30-43(44)46)49(34-20-9-3-10-21-34)35-22-11-4-12-23-35/h1-31H. The van der Waals surface area contributed by atoms with E-state index in [1.54, 1.807) is 0 Å². The third-order valence-corrected chi connectivity index (χ3v) is 10.2. The van der Waals surface area contributed by atoms with Crippen molar-refractivity contribution >= 4 is 49.4 Å². The molecular formula is C48H31N. The van der Waals surface area contributed by atoms with E-state index in [-0.39, 0.29) is 0 Å². The number of rotatable bonds is 5. The maximum Gasteiger partial charge on any atom is 0.0540 e. The summed E-state index contributed by atoms with van der Waals surface area (Å²) in [5.74, 6) is 0. The third kappa shape index (κ3) is 4.26. The normalized spacial score (nSPS) is 11.7. The first-order chi connectivity index (χ1) is 24.3. The average molecular weight is 622 g/mol. The van der Waals surface area contributed by atoms with Gasteiger partial charge in [0.1, 0.15) is 0 Å². The Labute approximate surface area is 286 Å². The van der Waals surface area contributed by atoms with E-state index < -0.39 is 0 Å². The van der Waals surface area contributed by atoms with Crippen LogP contribution < -0.4 is 4.90 Å². The molecular weight excluding hydrogens is 591 g/mol. The molecule has 1 aliphatic rings. The summed E-state index contributed by atoms with van der Waals surface area (Å²) in [6.45, 7) is 0. The molecule has 0 saturated heterocycles. The van der Waals surface area contributed by atoms with Gasteiger partial charge in [-0.05, 0) is 114 Å². The predicted octanol–water partition coefficient (Wildman–Crippen LogP) is 13.6. The van der Waals surface area contributed by atoms with Crippen molar-refractivity contribution in [3.05, 3.63) is 188 Å². The minimum atomic E-state index is 1.14. The molecule has 1 nitrogen and oxygen atoms in total. The van der Waals surface area contributed by atoms with Crippen molar-refractivity contribution in [2.24, 2.45) is 0 Å². The van der Waals surface area contributed by atoms with Gasteiger partial charge in [0.2, 0.25) is 0 Å². The zero-order valence-corrected chi connectivity index (χ0v) is 26.8. The molecule has 0 bridgehead atoms. The van der Waals surface area contributed by atoms with E-state index in [0.717, 1.165) is 11.4 Å². The van der Waals surface area contributed by atoms with Gasteiger partial charge in [0.15, 0.2) is 0 Å². The molecule has 0 fully saturated rings. The van der Waals surface area contributed by atoms with Gasteiger partial charge in [-0.15, -0.1) is 0 Å². The maximum atomic E-state index is 2.48. The first-order valence-electron chi connectivity index (χ1n) is 17.0. The van der Waals surface area contributed by atoms with Crippen molar-refractivity contribution < 1.29 is 0 Å². The van der Waals surface area contributed by atoms with Crippen molar-refractivity contribution in [1.29, 1.82) is 0 Å². The fourth-order valence-electron chi connectivity index (χ4n) is 8.12. The SMILES string of the molecule is c1ccc(-c2c3ccccc3c(-c3ccccc3)c3cc4c(cc23)-c2cccc3c(N(c5ccccc5)c5ccccc5)ccc-4c23)cc1. The van der Waals surface area contributed by atoms with Gasteiger partial charge in [-0.25, -0.2) is 0 Å². The van der Waals surface area contributed by atoms with Crippen molar-refractivity contribution in [2.45, 2.75) is 0 Å². The molecule has 1 heteroatoms. The van der Waals surface area contributed by atoms with E-state index >= 15 is 0 Å². The lowest BCUT2D eigenvalue weighted by atomic mass is 9.84. The average Bonchev–Trinajstić information content (AvgIpc) is 3.49. The molecule has 0 N–H and O–H groups in total. The zero-order chi connectivity index (χ0) is 32.3. The Morgan fingerprint density at radius 3 is 1.22 bits per heavy atom. The molecule has 0 heterocycles. The molecule has 0 saturated carbocycles. The summed E-state index contributed by atoms with van der Waals surface area (Å²) in [5, 5.41) is 7.68. The topological polar surface area (TPSA) is 3.24 Å². The first-order valence-corrected chi connectivity index (χ1v) is 17.0. The van der Waals surface area contributed by atoms with Crippen LogP contribution in [0.4, 0.5) is 17.1 Å². The van der Waals surface area contributed by atoms with Crippen LogP contribution in [0.5, 0.6) is 0 Å². The highest BCUT2D eigenvalue weighted by molar-refractivity contribution is 6.26. The van der Waals surface area contributed by atoms with Gasteiger partial charge in [-0.2, -0.15) is 0 Å². The quantitative estimate of drug-likeness (QED) is 0.173. The van der Waals surface area contributed by atoms with Gasteiger partial charge in [-0.1, -0.05) is 146 Å². The van der Waals surface area contributed by atoms with E-state index in [1.807, 2.05) is 0 Å². The Balaban J connectivity index is 1.30. The Bertz CT molecular complexity index is 2530. The summed E-state index contributed by atoms with van der Waals surface area (Å²) in [4.78, 5) is 2.39. The minimum Gasteiger partial charge on any atom is -0.310 e. The maximum absolute atomic E-state index is 2.48. The van der Waals surface area contributed by atoms with Crippen LogP contribution in [-0.2, 0) is 0 Å². The Morgan fingerprint density at radius 2 is 0.714 bits per heavy atom. The molecule has 0 aromatic heterocycles. The van der Waals surface area contributed by atoms with Crippen molar-refractivity contribution in [3.63, 3.8) is 0 Å². The van der Waals surface area contributed by atoms with Crippen LogP contribution >= 0.6 is 0 Å². The molecule has 9 aromatic carbocycles. The molecule has 49 heavy (non-hydrogen) atoms. The van der Waals surface area contributed by atoms with Crippen LogP contribution in [0.1, 0.15) is 0 Å². The molecule has 10 rings (SSSR count). The summed E-state index contributed by atoms with van der Waals surface area (Å²) in [7, 11) is 0. The fourth-order valence-corrected chi connectivity index (χ4v) is 8.12. The van der Waals surface area contributed by atoms with Crippen LogP contribution in [0.3, 0.4) is 0 Å². The summed E-state index contributed by atoms with van der Waals surface area (Å²) in [6.07, 6.45) is 0. The van der Waals surface area contributed by atoms with Gasteiger partial charge < -0.3 is 4.90 Å². The molecule has 1 aliphatic carbocycles. The third-order valence-electron chi connectivity index (χ3n) is 10.2. The van der Waals surface area contributed by atoms with Crippen molar-refractivity contribution in [1.82, 2.24) is 0 Å². The number of hydrogen-bond donors (Lipinski definition) is 0. The monoisotopic (exact) mass is 621 g/mol. The highest BCUT2D eigenvalue weighted by Gasteiger charge is 2.27. The van der Waals surface area contributed by atoms with E-state index in [0.29, 0.717) is 0 Å². The summed E-state index contributed by atoms with van der Waals surface area (Å²) >= 11 is 0. The molecule has 0 unspecified atom stereocenters. The Morgan fingerprint density at radius 1 is 0.286 bits per heavy atom. The van der Waals surface area contributed by atoms with Crippen LogP contribution in [-0.4, -0.2) is 0 Å². The lowest BCUT2D eigenvalue weighted by Gasteiger charge is -2.27. The smallest absolute Gasteiger partial charge is 0.0540 e. The lowest BCUT2D eigenvalue weighted by Crippen LogP contribution is -2.10. The number of nitrogens with zero attached hydrogens (tertiary/aromatic N) is 1. The largest absolute Gasteiger partial charge is 0.310 e. The summed E-state index contributed by atoms with van der Waals surface area (Å²) in [6, 6.07) is 68.6. The number of fused-ring (bicyclic) bond motifs is 5. The van der Waals surface area contributed by atoms with Gasteiger partial charge in [0.25, 0.3) is 0 Å². The Kier molecular flexibility index (Phi) is 6.25. The van der Waals surface area contributed by atoms with Crippen molar-refractivity contribution in [2.75, 3.05) is 4.90 Å². The van der Waals surface area contributed by atoms with Crippen molar-refractivity contribution in [3.8, 4) is 44.5 Å². The molecule has 0 atom stereocenters. The number of para-hydroxylation sites is 2. The highest BCUT2D eigenvalue weighted by Crippen LogP contribution is 2.54. The van der Waals surface area contributed by atoms with Crippen LogP contribution in [0, 0.1) is 0 Å². The summed E-state index contributed by atoms with van der Waals surface area (Å²) < 4.78 is 0. The van der Waals surface area contributed by atoms with Gasteiger partial charge in [0, 0.05) is 16.8 Å². The predicted molar refractivity (Wildman–Crippen MR) is 209 cm³/mol. The molecule has 9 aromatic rings. The summed E-state index contributed by atoms with van der Waals surface area (Å²) in [5.41, 5.74) is 13.7. The second kappa shape index (κ2) is 11.1. The van der Waals surface area contributed by atoms with E-state index in [4.69, 9.17) is 0 Å². The second-order valence-corrected chi connectivity index (χ2v) is 12.8. The lowest BCUT2D eigenvalue weighted by molar-refractivity contribution is 1.30. The Hall–Kier alpha value is -6.44. The van der Waals surface area contributed by atoms with E-state index in [2.05, 4.69) is 193 Å². The van der Waals surface area contributed by atoms with Crippen LogP contribution in [0.2, 0.25) is 0 Å².